The van der Waals surface area contributed by atoms with Gasteiger partial charge in [-0.25, -0.2) is 0 Å². The fraction of sp³-hybridized carbons (Fsp3) is 0.455. The molecular weight excluding hydrogens is 258 g/mol. The van der Waals surface area contributed by atoms with Crippen molar-refractivity contribution in [1.82, 2.24) is 5.32 Å². The van der Waals surface area contributed by atoms with Crippen LogP contribution < -0.4 is 5.32 Å². The van der Waals surface area contributed by atoms with Gasteiger partial charge in [0.15, 0.2) is 0 Å². The first-order valence-corrected chi connectivity index (χ1v) is 5.78. The first-order chi connectivity index (χ1) is 7.20. The Kier molecular flexibility index (Phi) is 3.29. The Hall–Kier alpha value is -0.580. The van der Waals surface area contributed by atoms with Crippen LogP contribution in [0.3, 0.4) is 0 Å². The van der Waals surface area contributed by atoms with E-state index in [0.29, 0.717) is 12.4 Å². The fourth-order valence-corrected chi connectivity index (χ4v) is 2.37. The summed E-state index contributed by atoms with van der Waals surface area (Å²) in [6, 6.07) is 3.93. The van der Waals surface area contributed by atoms with E-state index < -0.39 is 0 Å². The summed E-state index contributed by atoms with van der Waals surface area (Å²) in [6.07, 6.45) is 0. The van der Waals surface area contributed by atoms with Crippen LogP contribution in [-0.2, 0) is 4.74 Å². The summed E-state index contributed by atoms with van der Waals surface area (Å²) in [4.78, 5) is 0. The van der Waals surface area contributed by atoms with E-state index >= 15 is 0 Å². The van der Waals surface area contributed by atoms with Gasteiger partial charge in [-0.05, 0) is 18.6 Å². The molecule has 1 saturated heterocycles. The van der Waals surface area contributed by atoms with Crippen LogP contribution in [-0.4, -0.2) is 24.9 Å². The highest BCUT2D eigenvalue weighted by Crippen LogP contribution is 2.34. The van der Waals surface area contributed by atoms with Gasteiger partial charge in [0, 0.05) is 16.6 Å². The Morgan fingerprint density at radius 2 is 2.33 bits per heavy atom. The van der Waals surface area contributed by atoms with Crippen LogP contribution in [0, 0.1) is 6.92 Å². The molecule has 0 bridgehead atoms. The zero-order valence-electron chi connectivity index (χ0n) is 8.59. The van der Waals surface area contributed by atoms with Crippen molar-refractivity contribution < 1.29 is 9.84 Å². The summed E-state index contributed by atoms with van der Waals surface area (Å²) in [5.41, 5.74) is 1.79. The smallest absolute Gasteiger partial charge is 0.124 e. The van der Waals surface area contributed by atoms with Gasteiger partial charge in [0.2, 0.25) is 0 Å². The molecule has 1 atom stereocenters. The van der Waals surface area contributed by atoms with Gasteiger partial charge in [-0.3, -0.25) is 0 Å². The number of halogens is 1. The lowest BCUT2D eigenvalue weighted by Crippen LogP contribution is -2.34. The number of hydrogen-bond acceptors (Lipinski definition) is 3. The second-order valence-corrected chi connectivity index (χ2v) is 4.56. The monoisotopic (exact) mass is 271 g/mol. The summed E-state index contributed by atoms with van der Waals surface area (Å²) >= 11 is 3.46. The fourth-order valence-electron chi connectivity index (χ4n) is 1.77. The van der Waals surface area contributed by atoms with Crippen molar-refractivity contribution >= 4 is 15.9 Å². The first kappa shape index (κ1) is 10.9. The lowest BCUT2D eigenvalue weighted by Gasteiger charge is -2.26. The molecule has 0 unspecified atom stereocenters. The molecule has 2 N–H and O–H groups in total. The molecule has 3 nitrogen and oxygen atoms in total. The van der Waals surface area contributed by atoms with E-state index in [1.54, 1.807) is 0 Å². The van der Waals surface area contributed by atoms with Crippen molar-refractivity contribution in [3.05, 3.63) is 27.7 Å². The van der Waals surface area contributed by atoms with Crippen molar-refractivity contribution in [2.75, 3.05) is 19.8 Å². The third-order valence-electron chi connectivity index (χ3n) is 2.64. The van der Waals surface area contributed by atoms with Crippen molar-refractivity contribution in [3.63, 3.8) is 0 Å². The number of phenolic OH excluding ortho intramolecular Hbond substituents is 1. The largest absolute Gasteiger partial charge is 0.507 e. The molecule has 0 spiro atoms. The Balaban J connectivity index is 2.36. The number of benzene rings is 1. The predicted molar refractivity (Wildman–Crippen MR) is 62.1 cm³/mol. The van der Waals surface area contributed by atoms with E-state index in [1.807, 2.05) is 19.1 Å². The highest BCUT2D eigenvalue weighted by atomic mass is 79.9. The lowest BCUT2D eigenvalue weighted by molar-refractivity contribution is 0.0758. The van der Waals surface area contributed by atoms with Gasteiger partial charge in [0.25, 0.3) is 0 Å². The van der Waals surface area contributed by atoms with E-state index in [4.69, 9.17) is 4.74 Å². The van der Waals surface area contributed by atoms with Gasteiger partial charge in [-0.2, -0.15) is 0 Å². The van der Waals surface area contributed by atoms with Crippen LogP contribution in [0.25, 0.3) is 0 Å². The van der Waals surface area contributed by atoms with E-state index in [-0.39, 0.29) is 6.04 Å². The van der Waals surface area contributed by atoms with Gasteiger partial charge in [0.1, 0.15) is 5.75 Å². The average molecular weight is 272 g/mol. The third-order valence-corrected chi connectivity index (χ3v) is 3.33. The average Bonchev–Trinajstić information content (AvgIpc) is 2.26. The van der Waals surface area contributed by atoms with Gasteiger partial charge in [-0.15, -0.1) is 0 Å². The van der Waals surface area contributed by atoms with Crippen LogP contribution in [0.4, 0.5) is 0 Å². The summed E-state index contributed by atoms with van der Waals surface area (Å²) < 4.78 is 6.32. The number of ether oxygens (including phenoxy) is 1. The Morgan fingerprint density at radius 3 is 3.00 bits per heavy atom. The zero-order valence-corrected chi connectivity index (χ0v) is 10.2. The maximum absolute atomic E-state index is 10.0. The molecule has 15 heavy (non-hydrogen) atoms. The number of aryl methyl sites for hydroxylation is 1. The van der Waals surface area contributed by atoms with Crippen LogP contribution >= 0.6 is 15.9 Å². The van der Waals surface area contributed by atoms with E-state index in [2.05, 4.69) is 21.2 Å². The van der Waals surface area contributed by atoms with Gasteiger partial charge >= 0.3 is 0 Å². The molecular formula is C11H14BrNO2. The van der Waals surface area contributed by atoms with Crippen LogP contribution in [0.5, 0.6) is 5.75 Å². The zero-order chi connectivity index (χ0) is 10.8. The standard InChI is InChI=1S/C11H14BrNO2/c1-7-2-3-8(12)10(11(7)14)9-6-15-5-4-13-9/h2-3,9,13-14H,4-6H2,1H3/t9-/m1/s1. The lowest BCUT2D eigenvalue weighted by atomic mass is 10.0. The molecule has 0 saturated carbocycles. The SMILES string of the molecule is Cc1ccc(Br)c([C@H]2COCCN2)c1O. The molecule has 1 aromatic rings. The molecule has 1 heterocycles. The van der Waals surface area contributed by atoms with Gasteiger partial charge in [-0.1, -0.05) is 22.0 Å². The van der Waals surface area contributed by atoms with Crippen LogP contribution in [0.1, 0.15) is 17.2 Å². The first-order valence-electron chi connectivity index (χ1n) is 4.99. The number of nitrogens with one attached hydrogen (secondary N) is 1. The number of phenols is 1. The van der Waals surface area contributed by atoms with Crippen molar-refractivity contribution in [1.29, 1.82) is 0 Å². The number of hydrogen-bond donors (Lipinski definition) is 2. The molecule has 0 aromatic heterocycles. The molecule has 82 valence electrons. The number of rotatable bonds is 1. The summed E-state index contributed by atoms with van der Waals surface area (Å²) in [7, 11) is 0. The minimum atomic E-state index is 0.0769. The minimum absolute atomic E-state index is 0.0769. The van der Waals surface area contributed by atoms with E-state index in [9.17, 15) is 5.11 Å². The molecule has 4 heteroatoms. The summed E-state index contributed by atoms with van der Waals surface area (Å²) in [5.74, 6) is 0.354. The second-order valence-electron chi connectivity index (χ2n) is 3.71. The van der Waals surface area contributed by atoms with E-state index in [0.717, 1.165) is 28.8 Å². The Morgan fingerprint density at radius 1 is 1.53 bits per heavy atom. The van der Waals surface area contributed by atoms with E-state index in [1.165, 1.54) is 0 Å². The highest BCUT2D eigenvalue weighted by Gasteiger charge is 2.21. The molecule has 1 aliphatic rings. The van der Waals surface area contributed by atoms with Crippen molar-refractivity contribution in [3.8, 4) is 5.75 Å². The highest BCUT2D eigenvalue weighted by molar-refractivity contribution is 9.10. The van der Waals surface area contributed by atoms with Crippen molar-refractivity contribution in [2.24, 2.45) is 0 Å². The second kappa shape index (κ2) is 4.51. The van der Waals surface area contributed by atoms with Crippen LogP contribution in [0.2, 0.25) is 0 Å². The maximum Gasteiger partial charge on any atom is 0.124 e. The quantitative estimate of drug-likeness (QED) is 0.822. The molecule has 1 aromatic carbocycles. The predicted octanol–water partition coefficient (Wildman–Crippen LogP) is 2.12. The molecule has 1 aliphatic heterocycles. The molecule has 0 radical (unpaired) electrons. The van der Waals surface area contributed by atoms with Crippen LogP contribution in [0.15, 0.2) is 16.6 Å². The number of aromatic hydroxyl groups is 1. The summed E-state index contributed by atoms with van der Waals surface area (Å²) in [6.45, 7) is 4.07. The molecule has 0 aliphatic carbocycles. The topological polar surface area (TPSA) is 41.5 Å². The van der Waals surface area contributed by atoms with Crippen molar-refractivity contribution in [2.45, 2.75) is 13.0 Å². The maximum atomic E-state index is 10.0. The molecule has 2 rings (SSSR count). The normalized spacial score (nSPS) is 21.6. The Bertz CT molecular complexity index is 362. The van der Waals surface area contributed by atoms with Gasteiger partial charge < -0.3 is 15.2 Å². The Labute approximate surface area is 97.6 Å². The third kappa shape index (κ3) is 2.17. The molecule has 1 fully saturated rings. The molecule has 0 amide bonds. The van der Waals surface area contributed by atoms with Gasteiger partial charge in [0.05, 0.1) is 19.3 Å². The summed E-state index contributed by atoms with van der Waals surface area (Å²) in [5, 5.41) is 13.3. The number of morpholine rings is 1. The minimum Gasteiger partial charge on any atom is -0.507 e.